The van der Waals surface area contributed by atoms with E-state index in [1.54, 1.807) is 0 Å². The molecule has 1 nitrogen and oxygen atoms in total. The van der Waals surface area contributed by atoms with Crippen molar-refractivity contribution in [2.24, 2.45) is 0 Å². The van der Waals surface area contributed by atoms with Crippen LogP contribution in [0.25, 0.3) is 54.9 Å². The molecule has 0 amide bonds. The minimum Gasteiger partial charge on any atom is -0.457 e. The van der Waals surface area contributed by atoms with Gasteiger partial charge in [-0.1, -0.05) is 194 Å². The predicted molar refractivity (Wildman–Crippen MR) is 242 cm³/mol. The van der Waals surface area contributed by atoms with Crippen molar-refractivity contribution in [3.63, 3.8) is 0 Å². The van der Waals surface area contributed by atoms with Gasteiger partial charge >= 0.3 is 0 Å². The van der Waals surface area contributed by atoms with Crippen LogP contribution in [0, 0.1) is 0 Å². The molecule has 0 bridgehead atoms. The molecule has 0 aromatic heterocycles. The maximum atomic E-state index is 7.00. The first-order valence-electron chi connectivity index (χ1n) is 20.6. The van der Waals surface area contributed by atoms with Gasteiger partial charge in [-0.15, -0.1) is 0 Å². The van der Waals surface area contributed by atoms with Crippen molar-refractivity contribution in [3.8, 4) is 44.9 Å². The minimum atomic E-state index is -0.587. The highest BCUT2D eigenvalue weighted by molar-refractivity contribution is 6.05. The molecule has 59 heavy (non-hydrogen) atoms. The SMILES string of the molecule is c1ccc(C2(c3ccccc3)c3cc(-c4ccc5c(c4)C4(c6ccccc6-c6ccccc64)c4c(ccc6ccccc46)O5)ccc3-c3c2ccc2ccccc32)cc1. The first kappa shape index (κ1) is 32.6. The quantitative estimate of drug-likeness (QED) is 0.175. The van der Waals surface area contributed by atoms with E-state index in [-0.39, 0.29) is 0 Å². The average molecular weight is 749 g/mol. The molecule has 3 aliphatic rings. The Morgan fingerprint density at radius 1 is 0.305 bits per heavy atom. The number of hydrogen-bond donors (Lipinski definition) is 0. The molecule has 1 spiro atoms. The highest BCUT2D eigenvalue weighted by Gasteiger charge is 2.52. The van der Waals surface area contributed by atoms with E-state index in [1.165, 1.54) is 93.9 Å². The van der Waals surface area contributed by atoms with Gasteiger partial charge in [0, 0.05) is 11.1 Å². The van der Waals surface area contributed by atoms with Gasteiger partial charge in [-0.2, -0.15) is 0 Å². The second-order valence-electron chi connectivity index (χ2n) is 16.3. The lowest BCUT2D eigenvalue weighted by Gasteiger charge is -2.40. The van der Waals surface area contributed by atoms with Crippen molar-refractivity contribution >= 4 is 21.5 Å². The first-order chi connectivity index (χ1) is 29.3. The van der Waals surface area contributed by atoms with Gasteiger partial charge in [-0.05, 0) is 113 Å². The normalized spacial score (nSPS) is 14.5. The molecule has 1 heteroatoms. The molecule has 274 valence electrons. The summed E-state index contributed by atoms with van der Waals surface area (Å²) in [5, 5.41) is 4.96. The Kier molecular flexibility index (Phi) is 6.64. The van der Waals surface area contributed by atoms with Crippen LogP contribution in [0.4, 0.5) is 0 Å². The summed E-state index contributed by atoms with van der Waals surface area (Å²) in [4.78, 5) is 0. The zero-order valence-corrected chi connectivity index (χ0v) is 32.2. The molecule has 0 unspecified atom stereocenters. The van der Waals surface area contributed by atoms with Gasteiger partial charge in [-0.25, -0.2) is 0 Å². The van der Waals surface area contributed by atoms with E-state index in [0.717, 1.165) is 17.1 Å². The van der Waals surface area contributed by atoms with Crippen molar-refractivity contribution in [2.45, 2.75) is 10.8 Å². The summed E-state index contributed by atoms with van der Waals surface area (Å²) >= 11 is 0. The Hall–Kier alpha value is -7.48. The maximum Gasteiger partial charge on any atom is 0.132 e. The second-order valence-corrected chi connectivity index (χ2v) is 16.3. The standard InChI is InChI=1S/C58H36O/c1-3-17-41(18-4-1)57(42-19-5-2-6-20-42)50-32-28-37-15-7-9-21-43(37)55(50)47-31-27-39(35-51(47)57)40-30-33-53-52(36-40)58(56-44-22-10-8-16-38(44)29-34-54(56)59-53)48-25-13-11-23-45(48)46-24-12-14-26-49(46)58/h1-36H. The fourth-order valence-electron chi connectivity index (χ4n) is 11.3. The van der Waals surface area contributed by atoms with Crippen LogP contribution >= 0.6 is 0 Å². The lowest BCUT2D eigenvalue weighted by molar-refractivity contribution is 0.438. The van der Waals surface area contributed by atoms with Crippen LogP contribution in [0.3, 0.4) is 0 Å². The lowest BCUT2D eigenvalue weighted by atomic mass is 9.64. The first-order valence-corrected chi connectivity index (χ1v) is 20.6. The van der Waals surface area contributed by atoms with Gasteiger partial charge in [0.15, 0.2) is 0 Å². The molecule has 13 rings (SSSR count). The van der Waals surface area contributed by atoms with E-state index in [1.807, 2.05) is 0 Å². The molecule has 10 aromatic rings. The van der Waals surface area contributed by atoms with Crippen LogP contribution in [0.5, 0.6) is 11.5 Å². The van der Waals surface area contributed by atoms with Gasteiger partial charge in [-0.3, -0.25) is 0 Å². The summed E-state index contributed by atoms with van der Waals surface area (Å²) in [6, 6.07) is 81.1. The third-order valence-corrected chi connectivity index (χ3v) is 13.6. The number of hydrogen-bond acceptors (Lipinski definition) is 1. The van der Waals surface area contributed by atoms with Crippen molar-refractivity contribution in [1.82, 2.24) is 0 Å². The van der Waals surface area contributed by atoms with Gasteiger partial charge in [0.2, 0.25) is 0 Å². The number of rotatable bonds is 3. The average Bonchev–Trinajstić information content (AvgIpc) is 3.78. The van der Waals surface area contributed by atoms with Crippen LogP contribution in [-0.2, 0) is 10.8 Å². The van der Waals surface area contributed by atoms with Crippen molar-refractivity contribution in [2.75, 3.05) is 0 Å². The molecule has 2 aliphatic carbocycles. The zero-order valence-electron chi connectivity index (χ0n) is 32.2. The minimum absolute atomic E-state index is 0.521. The summed E-state index contributed by atoms with van der Waals surface area (Å²) in [6.07, 6.45) is 0. The van der Waals surface area contributed by atoms with Crippen LogP contribution in [0.1, 0.15) is 44.5 Å². The van der Waals surface area contributed by atoms with Gasteiger partial charge < -0.3 is 4.74 Å². The second kappa shape index (κ2) is 12.0. The fraction of sp³-hybridized carbons (Fsp3) is 0.0345. The van der Waals surface area contributed by atoms with Crippen molar-refractivity contribution in [3.05, 3.63) is 263 Å². The third kappa shape index (κ3) is 4.19. The predicted octanol–water partition coefficient (Wildman–Crippen LogP) is 14.5. The molecule has 0 atom stereocenters. The molecule has 1 aliphatic heterocycles. The Bertz CT molecular complexity index is 3270. The molecule has 1 heterocycles. The Balaban J connectivity index is 1.11. The smallest absolute Gasteiger partial charge is 0.132 e. The topological polar surface area (TPSA) is 9.23 Å². The summed E-state index contributed by atoms with van der Waals surface area (Å²) in [5.74, 6) is 1.81. The molecular formula is C58H36O. The Labute approximate surface area is 343 Å². The number of benzene rings is 10. The van der Waals surface area contributed by atoms with E-state index in [0.29, 0.717) is 0 Å². The van der Waals surface area contributed by atoms with Crippen molar-refractivity contribution < 1.29 is 4.74 Å². The van der Waals surface area contributed by atoms with E-state index < -0.39 is 10.8 Å². The molecule has 0 fully saturated rings. The van der Waals surface area contributed by atoms with Gasteiger partial charge in [0.05, 0.1) is 10.8 Å². The summed E-state index contributed by atoms with van der Waals surface area (Å²) in [6.45, 7) is 0. The van der Waals surface area contributed by atoms with E-state index in [2.05, 4.69) is 218 Å². The summed E-state index contributed by atoms with van der Waals surface area (Å²) in [5.41, 5.74) is 16.5. The molecule has 0 radical (unpaired) electrons. The van der Waals surface area contributed by atoms with E-state index in [4.69, 9.17) is 4.74 Å². The molecule has 0 N–H and O–H groups in total. The van der Waals surface area contributed by atoms with Crippen molar-refractivity contribution in [1.29, 1.82) is 0 Å². The van der Waals surface area contributed by atoms with Gasteiger partial charge in [0.25, 0.3) is 0 Å². The highest BCUT2D eigenvalue weighted by atomic mass is 16.5. The molecular weight excluding hydrogens is 713 g/mol. The van der Waals surface area contributed by atoms with Crippen LogP contribution in [0.2, 0.25) is 0 Å². The fourth-order valence-corrected chi connectivity index (χ4v) is 11.3. The Morgan fingerprint density at radius 3 is 1.53 bits per heavy atom. The van der Waals surface area contributed by atoms with Crippen LogP contribution in [-0.4, -0.2) is 0 Å². The van der Waals surface area contributed by atoms with Gasteiger partial charge in [0.1, 0.15) is 11.5 Å². The third-order valence-electron chi connectivity index (χ3n) is 13.6. The number of fused-ring (bicyclic) bond motifs is 16. The maximum absolute atomic E-state index is 7.00. The molecule has 0 saturated heterocycles. The Morgan fingerprint density at radius 2 is 0.831 bits per heavy atom. The van der Waals surface area contributed by atoms with Crippen LogP contribution in [0.15, 0.2) is 218 Å². The summed E-state index contributed by atoms with van der Waals surface area (Å²) in [7, 11) is 0. The molecule has 10 aromatic carbocycles. The monoisotopic (exact) mass is 748 g/mol. The zero-order chi connectivity index (χ0) is 38.7. The summed E-state index contributed by atoms with van der Waals surface area (Å²) < 4.78 is 7.00. The van der Waals surface area contributed by atoms with E-state index >= 15 is 0 Å². The highest BCUT2D eigenvalue weighted by Crippen LogP contribution is 2.64. The van der Waals surface area contributed by atoms with Crippen LogP contribution < -0.4 is 4.74 Å². The molecule has 0 saturated carbocycles. The lowest BCUT2D eigenvalue weighted by Crippen LogP contribution is -2.32. The largest absolute Gasteiger partial charge is 0.457 e. The number of ether oxygens (including phenoxy) is 1. The van der Waals surface area contributed by atoms with E-state index in [9.17, 15) is 0 Å².